The number of benzene rings is 1. The zero-order valence-electron chi connectivity index (χ0n) is 8.35. The largest absolute Gasteiger partial charge is 0.338 e. The maximum atomic E-state index is 5.09. The Bertz CT molecular complexity index is 425. The lowest BCUT2D eigenvalue weighted by Crippen LogP contribution is -1.91. The second kappa shape index (κ2) is 4.57. The molecule has 0 aliphatic rings. The molecule has 0 radical (unpaired) electrons. The molecular formula is C11H11BrN2O. The summed E-state index contributed by atoms with van der Waals surface area (Å²) in [4.78, 5) is 4.39. The molecule has 0 spiro atoms. The predicted molar refractivity (Wildman–Crippen MR) is 60.9 cm³/mol. The van der Waals surface area contributed by atoms with Crippen molar-refractivity contribution in [2.45, 2.75) is 18.2 Å². The van der Waals surface area contributed by atoms with Gasteiger partial charge in [0, 0.05) is 6.42 Å². The standard InChI is InChI=1S/C11H11BrN2O/c1-8(12)11-13-10(14-15-11)7-9-5-3-2-4-6-9/h2-6,8H,7H2,1H3. The first-order valence-electron chi connectivity index (χ1n) is 4.76. The summed E-state index contributed by atoms with van der Waals surface area (Å²) in [6.45, 7) is 1.96. The average molecular weight is 267 g/mol. The molecule has 2 aromatic rings. The van der Waals surface area contributed by atoms with Gasteiger partial charge in [0.05, 0.1) is 4.83 Å². The van der Waals surface area contributed by atoms with Gasteiger partial charge < -0.3 is 4.52 Å². The Balaban J connectivity index is 2.12. The minimum absolute atomic E-state index is 0.106. The summed E-state index contributed by atoms with van der Waals surface area (Å²) in [6, 6.07) is 10.1. The Hall–Kier alpha value is -1.16. The van der Waals surface area contributed by atoms with Crippen LogP contribution in [0.15, 0.2) is 34.9 Å². The van der Waals surface area contributed by atoms with Gasteiger partial charge in [0.25, 0.3) is 0 Å². The van der Waals surface area contributed by atoms with Crippen molar-refractivity contribution in [1.82, 2.24) is 10.1 Å². The molecule has 1 heterocycles. The van der Waals surface area contributed by atoms with Gasteiger partial charge >= 0.3 is 0 Å². The van der Waals surface area contributed by atoms with Gasteiger partial charge in [-0.25, -0.2) is 0 Å². The molecule has 0 saturated carbocycles. The van der Waals surface area contributed by atoms with Gasteiger partial charge in [-0.3, -0.25) is 0 Å². The Labute approximate surface area is 96.6 Å². The first-order chi connectivity index (χ1) is 7.25. The number of aromatic nitrogens is 2. The van der Waals surface area contributed by atoms with Crippen LogP contribution in [0.2, 0.25) is 0 Å². The van der Waals surface area contributed by atoms with Gasteiger partial charge in [0.15, 0.2) is 5.82 Å². The normalized spacial score (nSPS) is 12.7. The van der Waals surface area contributed by atoms with E-state index in [0.717, 1.165) is 5.82 Å². The molecule has 15 heavy (non-hydrogen) atoms. The fourth-order valence-electron chi connectivity index (χ4n) is 1.28. The molecular weight excluding hydrogens is 256 g/mol. The van der Waals surface area contributed by atoms with Crippen molar-refractivity contribution in [2.75, 3.05) is 0 Å². The number of rotatable bonds is 3. The van der Waals surface area contributed by atoms with E-state index in [2.05, 4.69) is 26.1 Å². The topological polar surface area (TPSA) is 38.9 Å². The highest BCUT2D eigenvalue weighted by Crippen LogP contribution is 2.19. The van der Waals surface area contributed by atoms with E-state index >= 15 is 0 Å². The second-order valence-corrected chi connectivity index (χ2v) is 4.70. The molecule has 0 amide bonds. The third kappa shape index (κ3) is 2.65. The Morgan fingerprint density at radius 1 is 1.33 bits per heavy atom. The second-order valence-electron chi connectivity index (χ2n) is 3.33. The maximum absolute atomic E-state index is 5.09. The zero-order valence-corrected chi connectivity index (χ0v) is 9.94. The molecule has 0 saturated heterocycles. The van der Waals surface area contributed by atoms with E-state index in [4.69, 9.17) is 4.52 Å². The fraction of sp³-hybridized carbons (Fsp3) is 0.273. The molecule has 1 unspecified atom stereocenters. The van der Waals surface area contributed by atoms with E-state index in [9.17, 15) is 0 Å². The van der Waals surface area contributed by atoms with Gasteiger partial charge in [-0.15, -0.1) is 0 Å². The van der Waals surface area contributed by atoms with E-state index < -0.39 is 0 Å². The molecule has 0 aliphatic carbocycles. The van der Waals surface area contributed by atoms with Crippen LogP contribution < -0.4 is 0 Å². The van der Waals surface area contributed by atoms with Crippen molar-refractivity contribution >= 4 is 15.9 Å². The molecule has 1 aromatic carbocycles. The number of halogens is 1. The van der Waals surface area contributed by atoms with E-state index in [1.54, 1.807) is 0 Å². The van der Waals surface area contributed by atoms with Crippen LogP contribution in [0.1, 0.15) is 29.0 Å². The molecule has 78 valence electrons. The lowest BCUT2D eigenvalue weighted by molar-refractivity contribution is 0.376. The lowest BCUT2D eigenvalue weighted by Gasteiger charge is -1.94. The summed E-state index contributed by atoms with van der Waals surface area (Å²) in [6.07, 6.45) is 0.712. The number of hydrogen-bond donors (Lipinski definition) is 0. The van der Waals surface area contributed by atoms with Crippen LogP contribution in [-0.4, -0.2) is 10.1 Å². The van der Waals surface area contributed by atoms with Crippen LogP contribution >= 0.6 is 15.9 Å². The molecule has 4 heteroatoms. The third-order valence-corrected chi connectivity index (χ3v) is 2.42. The minimum atomic E-state index is 0.106. The maximum Gasteiger partial charge on any atom is 0.240 e. The van der Waals surface area contributed by atoms with Crippen molar-refractivity contribution in [3.05, 3.63) is 47.6 Å². The number of nitrogens with zero attached hydrogens (tertiary/aromatic N) is 2. The molecule has 0 fully saturated rings. The SMILES string of the molecule is CC(Br)c1nc(Cc2ccccc2)no1. The first-order valence-corrected chi connectivity index (χ1v) is 5.68. The van der Waals surface area contributed by atoms with Crippen LogP contribution in [0, 0.1) is 0 Å². The summed E-state index contributed by atoms with van der Waals surface area (Å²) < 4.78 is 5.09. The van der Waals surface area contributed by atoms with Crippen LogP contribution in [0.5, 0.6) is 0 Å². The Morgan fingerprint density at radius 2 is 2.07 bits per heavy atom. The Morgan fingerprint density at radius 3 is 2.67 bits per heavy atom. The summed E-state index contributed by atoms with van der Waals surface area (Å²) in [7, 11) is 0. The highest BCUT2D eigenvalue weighted by Gasteiger charge is 2.10. The van der Waals surface area contributed by atoms with Crippen molar-refractivity contribution in [3.63, 3.8) is 0 Å². The van der Waals surface area contributed by atoms with E-state index in [1.165, 1.54) is 5.56 Å². The minimum Gasteiger partial charge on any atom is -0.338 e. The van der Waals surface area contributed by atoms with Gasteiger partial charge in [0.1, 0.15) is 0 Å². The zero-order chi connectivity index (χ0) is 10.7. The number of hydrogen-bond acceptors (Lipinski definition) is 3. The third-order valence-electron chi connectivity index (χ3n) is 2.03. The molecule has 0 aliphatic heterocycles. The van der Waals surface area contributed by atoms with E-state index in [-0.39, 0.29) is 4.83 Å². The highest BCUT2D eigenvalue weighted by atomic mass is 79.9. The first kappa shape index (κ1) is 10.4. The van der Waals surface area contributed by atoms with Crippen LogP contribution in [0.4, 0.5) is 0 Å². The number of alkyl halides is 1. The monoisotopic (exact) mass is 266 g/mol. The molecule has 3 nitrogen and oxygen atoms in total. The van der Waals surface area contributed by atoms with Crippen LogP contribution in [0.3, 0.4) is 0 Å². The van der Waals surface area contributed by atoms with Crippen molar-refractivity contribution in [2.24, 2.45) is 0 Å². The summed E-state index contributed by atoms with van der Waals surface area (Å²) in [5.74, 6) is 1.35. The molecule has 0 bridgehead atoms. The van der Waals surface area contributed by atoms with Gasteiger partial charge in [-0.2, -0.15) is 4.98 Å². The molecule has 1 aromatic heterocycles. The van der Waals surface area contributed by atoms with Crippen LogP contribution in [0.25, 0.3) is 0 Å². The van der Waals surface area contributed by atoms with Crippen molar-refractivity contribution in [1.29, 1.82) is 0 Å². The lowest BCUT2D eigenvalue weighted by atomic mass is 10.1. The van der Waals surface area contributed by atoms with Crippen LogP contribution in [-0.2, 0) is 6.42 Å². The molecule has 2 rings (SSSR count). The van der Waals surface area contributed by atoms with E-state index in [0.29, 0.717) is 12.3 Å². The smallest absolute Gasteiger partial charge is 0.240 e. The highest BCUT2D eigenvalue weighted by molar-refractivity contribution is 9.09. The average Bonchev–Trinajstić information content (AvgIpc) is 2.68. The summed E-state index contributed by atoms with van der Waals surface area (Å²) in [5, 5.41) is 3.92. The summed E-state index contributed by atoms with van der Waals surface area (Å²) in [5.41, 5.74) is 1.19. The molecule has 1 atom stereocenters. The van der Waals surface area contributed by atoms with Gasteiger partial charge in [-0.1, -0.05) is 51.4 Å². The van der Waals surface area contributed by atoms with E-state index in [1.807, 2.05) is 37.3 Å². The van der Waals surface area contributed by atoms with Crippen molar-refractivity contribution < 1.29 is 4.52 Å². The van der Waals surface area contributed by atoms with Gasteiger partial charge in [0.2, 0.25) is 5.89 Å². The Kier molecular flexibility index (Phi) is 3.16. The summed E-state index contributed by atoms with van der Waals surface area (Å²) >= 11 is 3.38. The van der Waals surface area contributed by atoms with Gasteiger partial charge in [-0.05, 0) is 12.5 Å². The predicted octanol–water partition coefficient (Wildman–Crippen LogP) is 3.12. The fourth-order valence-corrected chi connectivity index (χ4v) is 1.47. The molecule has 0 N–H and O–H groups in total. The van der Waals surface area contributed by atoms with Crippen molar-refractivity contribution in [3.8, 4) is 0 Å². The quantitative estimate of drug-likeness (QED) is 0.802.